The van der Waals surface area contributed by atoms with Gasteiger partial charge in [0.25, 0.3) is 5.91 Å². The highest BCUT2D eigenvalue weighted by atomic mass is 16.5. The maximum absolute atomic E-state index is 12.8. The van der Waals surface area contributed by atoms with Crippen molar-refractivity contribution in [2.24, 2.45) is 5.92 Å². The lowest BCUT2D eigenvalue weighted by Gasteiger charge is -2.33. The van der Waals surface area contributed by atoms with Crippen molar-refractivity contribution in [1.29, 1.82) is 0 Å². The van der Waals surface area contributed by atoms with Crippen molar-refractivity contribution >= 4 is 11.6 Å². The van der Waals surface area contributed by atoms with E-state index in [2.05, 4.69) is 41.4 Å². The van der Waals surface area contributed by atoms with Gasteiger partial charge >= 0.3 is 0 Å². The molecule has 1 saturated heterocycles. The molecule has 3 rings (SSSR count). The van der Waals surface area contributed by atoms with Crippen LogP contribution in [0.3, 0.4) is 0 Å². The quantitative estimate of drug-likeness (QED) is 0.668. The van der Waals surface area contributed by atoms with Crippen LogP contribution in [0.5, 0.6) is 11.5 Å². The van der Waals surface area contributed by atoms with Crippen LogP contribution >= 0.6 is 0 Å². The summed E-state index contributed by atoms with van der Waals surface area (Å²) in [4.78, 5) is 15.2. The van der Waals surface area contributed by atoms with Gasteiger partial charge in [0.05, 0.1) is 13.2 Å². The lowest BCUT2D eigenvalue weighted by molar-refractivity contribution is -0.128. The van der Waals surface area contributed by atoms with Crippen molar-refractivity contribution in [3.05, 3.63) is 54.1 Å². The molecule has 162 valence electrons. The maximum atomic E-state index is 12.8. The molecule has 5 heteroatoms. The molecular weight excluding hydrogens is 376 g/mol. The van der Waals surface area contributed by atoms with Crippen molar-refractivity contribution < 1.29 is 14.3 Å². The van der Waals surface area contributed by atoms with E-state index in [0.29, 0.717) is 17.9 Å². The van der Waals surface area contributed by atoms with Gasteiger partial charge in [-0.25, -0.2) is 0 Å². The van der Waals surface area contributed by atoms with Crippen molar-refractivity contribution in [3.63, 3.8) is 0 Å². The van der Waals surface area contributed by atoms with Gasteiger partial charge in [-0.2, -0.15) is 0 Å². The molecule has 2 aromatic carbocycles. The number of nitrogens with one attached hydrogen (secondary N) is 1. The second-order valence-corrected chi connectivity index (χ2v) is 8.21. The summed E-state index contributed by atoms with van der Waals surface area (Å²) < 4.78 is 11.1. The smallest absolute Gasteiger partial charge is 0.261 e. The first-order chi connectivity index (χ1) is 14.5. The van der Waals surface area contributed by atoms with Crippen LogP contribution in [0.15, 0.2) is 48.5 Å². The highest BCUT2D eigenvalue weighted by Crippen LogP contribution is 2.25. The molecule has 1 aliphatic rings. The second kappa shape index (κ2) is 10.4. The van der Waals surface area contributed by atoms with E-state index in [0.717, 1.165) is 24.6 Å². The van der Waals surface area contributed by atoms with Crippen molar-refractivity contribution in [1.82, 2.24) is 5.32 Å². The lowest BCUT2D eigenvalue weighted by Crippen LogP contribution is -2.39. The second-order valence-electron chi connectivity index (χ2n) is 8.21. The van der Waals surface area contributed by atoms with Gasteiger partial charge in [-0.05, 0) is 61.9 Å². The number of hydrogen-bond acceptors (Lipinski definition) is 4. The van der Waals surface area contributed by atoms with Crippen molar-refractivity contribution in [3.8, 4) is 11.5 Å². The standard InChI is InChI=1S/C25H34N2O3/c1-5-24(30-23-10-6-9-22(16-23)29-4)25(28)26-19(3)20-11-13-21(14-12-20)27-15-7-8-18(2)17-27/h6,9-14,16,18-19,24H,5,7-8,15,17H2,1-4H3,(H,26,28)/t18-,19-,24+/m1/s1. The Kier molecular flexibility index (Phi) is 7.61. The Morgan fingerprint density at radius 3 is 2.60 bits per heavy atom. The number of ether oxygens (including phenoxy) is 2. The van der Waals surface area contributed by atoms with E-state index in [1.165, 1.54) is 18.5 Å². The topological polar surface area (TPSA) is 50.8 Å². The summed E-state index contributed by atoms with van der Waals surface area (Å²) in [6, 6.07) is 15.8. The molecule has 1 heterocycles. The fourth-order valence-electron chi connectivity index (χ4n) is 3.95. The number of carbonyl (C=O) groups is 1. The minimum atomic E-state index is -0.548. The first-order valence-electron chi connectivity index (χ1n) is 11.0. The summed E-state index contributed by atoms with van der Waals surface area (Å²) in [5.74, 6) is 1.97. The summed E-state index contributed by atoms with van der Waals surface area (Å²) in [6.45, 7) is 8.51. The van der Waals surface area contributed by atoms with E-state index in [-0.39, 0.29) is 11.9 Å². The van der Waals surface area contributed by atoms with Gasteiger partial charge in [-0.3, -0.25) is 4.79 Å². The number of amides is 1. The first-order valence-corrected chi connectivity index (χ1v) is 11.0. The molecule has 1 aliphatic heterocycles. The fourth-order valence-corrected chi connectivity index (χ4v) is 3.95. The summed E-state index contributed by atoms with van der Waals surface area (Å²) in [5.41, 5.74) is 2.35. The first kappa shape index (κ1) is 22.0. The molecule has 1 N–H and O–H groups in total. The number of methoxy groups -OCH3 is 1. The SMILES string of the molecule is CC[C@H](Oc1cccc(OC)c1)C(=O)N[C@H](C)c1ccc(N2CCC[C@@H](C)C2)cc1. The molecule has 0 aliphatic carbocycles. The monoisotopic (exact) mass is 410 g/mol. The third kappa shape index (κ3) is 5.68. The Morgan fingerprint density at radius 2 is 1.93 bits per heavy atom. The number of nitrogens with zero attached hydrogens (tertiary/aromatic N) is 1. The van der Waals surface area contributed by atoms with E-state index in [9.17, 15) is 4.79 Å². The molecule has 0 radical (unpaired) electrons. The zero-order valence-corrected chi connectivity index (χ0v) is 18.6. The largest absolute Gasteiger partial charge is 0.497 e. The van der Waals surface area contributed by atoms with E-state index in [1.807, 2.05) is 32.0 Å². The van der Waals surface area contributed by atoms with Gasteiger partial charge < -0.3 is 19.7 Å². The van der Waals surface area contributed by atoms with Crippen molar-refractivity contribution in [2.75, 3.05) is 25.1 Å². The Morgan fingerprint density at radius 1 is 1.20 bits per heavy atom. The van der Waals surface area contributed by atoms with Crippen LogP contribution in [0.4, 0.5) is 5.69 Å². The van der Waals surface area contributed by atoms with E-state index in [4.69, 9.17) is 9.47 Å². The van der Waals surface area contributed by atoms with Crippen molar-refractivity contribution in [2.45, 2.75) is 52.2 Å². The Balaban J connectivity index is 1.59. The maximum Gasteiger partial charge on any atom is 0.261 e. The van der Waals surface area contributed by atoms with E-state index >= 15 is 0 Å². The number of hydrogen-bond donors (Lipinski definition) is 1. The number of anilines is 1. The average molecular weight is 411 g/mol. The van der Waals surface area contributed by atoms with Crippen LogP contribution in [-0.2, 0) is 4.79 Å². The fraction of sp³-hybridized carbons (Fsp3) is 0.480. The van der Waals surface area contributed by atoms with Gasteiger partial charge in [0.1, 0.15) is 11.5 Å². The molecule has 0 saturated carbocycles. The molecular formula is C25H34N2O3. The minimum Gasteiger partial charge on any atom is -0.497 e. The van der Waals surface area contributed by atoms with Gasteiger partial charge in [0.2, 0.25) is 0 Å². The van der Waals surface area contributed by atoms with Crippen LogP contribution in [-0.4, -0.2) is 32.2 Å². The Labute approximate surface area is 180 Å². The van der Waals surface area contributed by atoms with Gasteiger partial charge in [0, 0.05) is 24.8 Å². The van der Waals surface area contributed by atoms with Crippen LogP contribution < -0.4 is 19.7 Å². The third-order valence-electron chi connectivity index (χ3n) is 5.76. The third-order valence-corrected chi connectivity index (χ3v) is 5.76. The molecule has 1 fully saturated rings. The summed E-state index contributed by atoms with van der Waals surface area (Å²) in [5, 5.41) is 3.09. The van der Waals surface area contributed by atoms with E-state index in [1.54, 1.807) is 13.2 Å². The van der Waals surface area contributed by atoms with Crippen LogP contribution in [0.1, 0.15) is 51.6 Å². The zero-order chi connectivity index (χ0) is 21.5. The molecule has 0 unspecified atom stereocenters. The Bertz CT molecular complexity index is 821. The molecule has 2 aromatic rings. The zero-order valence-electron chi connectivity index (χ0n) is 18.6. The molecule has 30 heavy (non-hydrogen) atoms. The predicted octanol–water partition coefficient (Wildman–Crippen LogP) is 4.97. The number of piperidine rings is 1. The number of rotatable bonds is 8. The molecule has 0 bridgehead atoms. The minimum absolute atomic E-state index is 0.0882. The predicted molar refractivity (Wildman–Crippen MR) is 121 cm³/mol. The van der Waals surface area contributed by atoms with Gasteiger partial charge in [-0.15, -0.1) is 0 Å². The summed E-state index contributed by atoms with van der Waals surface area (Å²) >= 11 is 0. The van der Waals surface area contributed by atoms with Crippen LogP contribution in [0, 0.1) is 5.92 Å². The normalized spacial score (nSPS) is 18.4. The van der Waals surface area contributed by atoms with E-state index < -0.39 is 6.10 Å². The van der Waals surface area contributed by atoms with Gasteiger partial charge in [0.15, 0.2) is 6.10 Å². The molecule has 0 spiro atoms. The number of benzene rings is 2. The summed E-state index contributed by atoms with van der Waals surface area (Å²) in [7, 11) is 1.61. The Hall–Kier alpha value is -2.69. The van der Waals surface area contributed by atoms with Crippen LogP contribution in [0.2, 0.25) is 0 Å². The van der Waals surface area contributed by atoms with Crippen LogP contribution in [0.25, 0.3) is 0 Å². The number of carbonyl (C=O) groups excluding carboxylic acids is 1. The lowest BCUT2D eigenvalue weighted by atomic mass is 9.99. The summed E-state index contributed by atoms with van der Waals surface area (Å²) in [6.07, 6.45) is 2.60. The highest BCUT2D eigenvalue weighted by Gasteiger charge is 2.21. The highest BCUT2D eigenvalue weighted by molar-refractivity contribution is 5.81. The molecule has 1 amide bonds. The average Bonchev–Trinajstić information content (AvgIpc) is 2.77. The molecule has 0 aromatic heterocycles. The van der Waals surface area contributed by atoms with Gasteiger partial charge in [-0.1, -0.05) is 32.0 Å². The molecule has 3 atom stereocenters. The molecule has 5 nitrogen and oxygen atoms in total.